The molecule has 0 fully saturated rings. The summed E-state index contributed by atoms with van der Waals surface area (Å²) in [7, 11) is 0. The molecule has 0 aromatic heterocycles. The molecule has 0 atom stereocenters. The molecule has 0 saturated heterocycles. The van der Waals surface area contributed by atoms with E-state index in [1.807, 2.05) is 0 Å². The van der Waals surface area contributed by atoms with E-state index in [0.29, 0.717) is 0 Å². The molecule has 9 aromatic rings. The quantitative estimate of drug-likeness (QED) is 0.143. The first-order chi connectivity index (χ1) is 22.8. The molecule has 9 aromatic carbocycles. The van der Waals surface area contributed by atoms with Gasteiger partial charge in [0.1, 0.15) is 0 Å². The summed E-state index contributed by atoms with van der Waals surface area (Å²) in [5, 5.41) is 10.2. The molecule has 0 radical (unpaired) electrons. The highest BCUT2D eigenvalue weighted by molar-refractivity contribution is 6.24. The van der Waals surface area contributed by atoms with Gasteiger partial charge in [0.2, 0.25) is 0 Å². The van der Waals surface area contributed by atoms with E-state index < -0.39 is 0 Å². The summed E-state index contributed by atoms with van der Waals surface area (Å²) in [6.07, 6.45) is 0. The van der Waals surface area contributed by atoms with Crippen LogP contribution in [0.4, 0.5) is 0 Å². The summed E-state index contributed by atoms with van der Waals surface area (Å²) >= 11 is 0. The summed E-state index contributed by atoms with van der Waals surface area (Å²) in [4.78, 5) is 0. The number of fused-ring (bicyclic) bond motifs is 5. The van der Waals surface area contributed by atoms with E-state index in [0.717, 1.165) is 0 Å². The first-order valence-electron chi connectivity index (χ1n) is 15.9. The van der Waals surface area contributed by atoms with E-state index >= 15 is 0 Å². The van der Waals surface area contributed by atoms with Crippen molar-refractivity contribution >= 4 is 43.1 Å². The molecular formula is C46H30. The van der Waals surface area contributed by atoms with Gasteiger partial charge in [0, 0.05) is 0 Å². The molecule has 46 heavy (non-hydrogen) atoms. The molecule has 0 aliphatic heterocycles. The fraction of sp³-hybridized carbons (Fsp3) is 0. The normalized spacial score (nSPS) is 11.5. The topological polar surface area (TPSA) is 0 Å². The molecule has 0 N–H and O–H groups in total. The van der Waals surface area contributed by atoms with E-state index in [9.17, 15) is 0 Å². The van der Waals surface area contributed by atoms with Gasteiger partial charge in [0.25, 0.3) is 0 Å². The Balaban J connectivity index is 1.29. The molecule has 0 aliphatic carbocycles. The zero-order chi connectivity index (χ0) is 30.5. The summed E-state index contributed by atoms with van der Waals surface area (Å²) < 4.78 is 0. The van der Waals surface area contributed by atoms with Gasteiger partial charge >= 0.3 is 0 Å². The van der Waals surface area contributed by atoms with Gasteiger partial charge in [-0.25, -0.2) is 0 Å². The van der Waals surface area contributed by atoms with Gasteiger partial charge in [0.15, 0.2) is 0 Å². The number of benzene rings is 9. The van der Waals surface area contributed by atoms with Crippen LogP contribution in [0, 0.1) is 0 Å². The number of hydrogen-bond acceptors (Lipinski definition) is 0. The number of rotatable bonds is 4. The van der Waals surface area contributed by atoms with E-state index in [-0.39, 0.29) is 0 Å². The Morgan fingerprint density at radius 1 is 0.217 bits per heavy atom. The maximum atomic E-state index is 2.36. The third-order valence-corrected chi connectivity index (χ3v) is 9.44. The predicted octanol–water partition coefficient (Wildman–Crippen LogP) is 13.0. The van der Waals surface area contributed by atoms with Crippen molar-refractivity contribution in [1.82, 2.24) is 0 Å². The van der Waals surface area contributed by atoms with Crippen molar-refractivity contribution in [3.63, 3.8) is 0 Å². The van der Waals surface area contributed by atoms with Crippen molar-refractivity contribution < 1.29 is 0 Å². The third-order valence-electron chi connectivity index (χ3n) is 9.44. The zero-order valence-corrected chi connectivity index (χ0v) is 25.3. The molecule has 9 rings (SSSR count). The highest BCUT2D eigenvalue weighted by atomic mass is 14.2. The van der Waals surface area contributed by atoms with E-state index in [1.54, 1.807) is 0 Å². The molecule has 0 heterocycles. The molecule has 0 saturated carbocycles. The zero-order valence-electron chi connectivity index (χ0n) is 25.3. The highest BCUT2D eigenvalue weighted by Gasteiger charge is 2.18. The van der Waals surface area contributed by atoms with E-state index in [2.05, 4.69) is 182 Å². The first-order valence-corrected chi connectivity index (χ1v) is 15.9. The predicted molar refractivity (Wildman–Crippen MR) is 198 cm³/mol. The van der Waals surface area contributed by atoms with E-state index in [4.69, 9.17) is 0 Å². The van der Waals surface area contributed by atoms with Gasteiger partial charge < -0.3 is 0 Å². The maximum Gasteiger partial charge on any atom is -0.00201 e. The van der Waals surface area contributed by atoms with Crippen LogP contribution < -0.4 is 0 Å². The lowest BCUT2D eigenvalue weighted by atomic mass is 9.84. The van der Waals surface area contributed by atoms with Crippen molar-refractivity contribution in [3.8, 4) is 44.5 Å². The standard InChI is InChI=1S/C46H30/c1-2-13-31(14-3-1)33-16-10-17-34(29-33)35-18-11-19-36(30-35)45-41-21-6-8-23-43(41)46(44-24-9-7-22-42(44)45)40-26-12-25-38-37-20-5-4-15-32(37)27-28-39(38)40/h1-30H. The Bertz CT molecular complexity index is 2520. The Morgan fingerprint density at radius 2 is 0.674 bits per heavy atom. The summed E-state index contributed by atoms with van der Waals surface area (Å²) in [6, 6.07) is 66.5. The Kier molecular flexibility index (Phi) is 6.25. The fourth-order valence-corrected chi connectivity index (χ4v) is 7.35. The van der Waals surface area contributed by atoms with E-state index in [1.165, 1.54) is 87.6 Å². The van der Waals surface area contributed by atoms with Gasteiger partial charge in [0.05, 0.1) is 0 Å². The Hall–Kier alpha value is -5.98. The van der Waals surface area contributed by atoms with Crippen LogP contribution in [0.5, 0.6) is 0 Å². The number of hydrogen-bond donors (Lipinski definition) is 0. The lowest BCUT2D eigenvalue weighted by molar-refractivity contribution is 1.58. The van der Waals surface area contributed by atoms with Crippen molar-refractivity contribution in [2.24, 2.45) is 0 Å². The van der Waals surface area contributed by atoms with Gasteiger partial charge in [-0.05, 0) is 99.7 Å². The molecule has 0 spiro atoms. The van der Waals surface area contributed by atoms with Crippen molar-refractivity contribution in [3.05, 3.63) is 182 Å². The second-order valence-electron chi connectivity index (χ2n) is 12.1. The van der Waals surface area contributed by atoms with Crippen LogP contribution in [-0.2, 0) is 0 Å². The average molecular weight is 583 g/mol. The lowest BCUT2D eigenvalue weighted by Crippen LogP contribution is -1.92. The van der Waals surface area contributed by atoms with Crippen molar-refractivity contribution in [2.75, 3.05) is 0 Å². The lowest BCUT2D eigenvalue weighted by Gasteiger charge is -2.19. The minimum absolute atomic E-state index is 1.22. The average Bonchev–Trinajstić information content (AvgIpc) is 3.14. The van der Waals surface area contributed by atoms with Crippen LogP contribution in [0.15, 0.2) is 182 Å². The highest BCUT2D eigenvalue weighted by Crippen LogP contribution is 2.46. The van der Waals surface area contributed by atoms with Gasteiger partial charge in [-0.3, -0.25) is 0 Å². The van der Waals surface area contributed by atoms with Crippen LogP contribution >= 0.6 is 0 Å². The molecule has 0 heteroatoms. The Morgan fingerprint density at radius 3 is 1.35 bits per heavy atom. The molecule has 0 bridgehead atoms. The Labute approximate surface area is 268 Å². The van der Waals surface area contributed by atoms with Gasteiger partial charge in [-0.1, -0.05) is 170 Å². The largest absolute Gasteiger partial charge is 0.0622 e. The summed E-state index contributed by atoms with van der Waals surface area (Å²) in [5.74, 6) is 0. The molecule has 0 nitrogen and oxygen atoms in total. The molecule has 0 unspecified atom stereocenters. The second-order valence-corrected chi connectivity index (χ2v) is 12.1. The monoisotopic (exact) mass is 582 g/mol. The fourth-order valence-electron chi connectivity index (χ4n) is 7.35. The molecule has 0 amide bonds. The van der Waals surface area contributed by atoms with Crippen LogP contribution in [0.25, 0.3) is 87.6 Å². The molecule has 0 aliphatic rings. The third kappa shape index (κ3) is 4.30. The van der Waals surface area contributed by atoms with Gasteiger partial charge in [-0.2, -0.15) is 0 Å². The van der Waals surface area contributed by atoms with Gasteiger partial charge in [-0.15, -0.1) is 0 Å². The van der Waals surface area contributed by atoms with Crippen molar-refractivity contribution in [1.29, 1.82) is 0 Å². The van der Waals surface area contributed by atoms with Crippen LogP contribution in [0.2, 0.25) is 0 Å². The van der Waals surface area contributed by atoms with Crippen LogP contribution in [-0.4, -0.2) is 0 Å². The van der Waals surface area contributed by atoms with Crippen LogP contribution in [0.1, 0.15) is 0 Å². The SMILES string of the molecule is c1ccc(-c2cccc(-c3cccc(-c4c5ccccc5c(-c5cccc6c5ccc5ccccc56)c5ccccc45)c3)c2)cc1. The smallest absolute Gasteiger partial charge is 0.00201 e. The minimum Gasteiger partial charge on any atom is -0.0622 e. The summed E-state index contributed by atoms with van der Waals surface area (Å²) in [5.41, 5.74) is 9.97. The first kappa shape index (κ1) is 26.4. The maximum absolute atomic E-state index is 2.36. The summed E-state index contributed by atoms with van der Waals surface area (Å²) in [6.45, 7) is 0. The molecule has 214 valence electrons. The second kappa shape index (κ2) is 10.9. The van der Waals surface area contributed by atoms with Crippen LogP contribution in [0.3, 0.4) is 0 Å². The minimum atomic E-state index is 1.22. The molecular weight excluding hydrogens is 553 g/mol. The van der Waals surface area contributed by atoms with Crippen molar-refractivity contribution in [2.45, 2.75) is 0 Å².